The highest BCUT2D eigenvalue weighted by Crippen LogP contribution is 2.01. The normalized spacial score (nSPS) is 12.3. The number of carboxylic acids is 1. The molecule has 1 unspecified atom stereocenters. The van der Waals surface area contributed by atoms with Crippen LogP contribution < -0.4 is 5.32 Å². The number of nitrogens with zero attached hydrogens (tertiary/aromatic N) is 1. The van der Waals surface area contributed by atoms with Crippen LogP contribution in [0.15, 0.2) is 0 Å². The van der Waals surface area contributed by atoms with E-state index in [4.69, 9.17) is 14.9 Å². The van der Waals surface area contributed by atoms with Gasteiger partial charge in [0.2, 0.25) is 0 Å². The van der Waals surface area contributed by atoms with E-state index in [0.29, 0.717) is 13.2 Å². The van der Waals surface area contributed by atoms with Crippen LogP contribution in [-0.2, 0) is 9.53 Å². The molecule has 0 spiro atoms. The average Bonchev–Trinajstić information content (AvgIpc) is 2.28. The van der Waals surface area contributed by atoms with Crippen molar-refractivity contribution in [2.75, 3.05) is 26.9 Å². The number of carbonyl (C=O) groups is 2. The molecule has 0 aromatic rings. The van der Waals surface area contributed by atoms with E-state index >= 15 is 0 Å². The number of carboxylic acid groups (broad SMARTS) is 1. The maximum Gasteiger partial charge on any atom is 0.326 e. The molecule has 7 nitrogen and oxygen atoms in total. The van der Waals surface area contributed by atoms with E-state index in [9.17, 15) is 9.59 Å². The second-order valence-electron chi connectivity index (χ2n) is 4.13. The standard InChI is InChI=1S/C11H22N2O5/c1-8(2)13(5-7-18-3)11(17)12-9(4-6-14)10(15)16/h8-9,14H,4-7H2,1-3H3,(H,12,17)(H,15,16). The fraction of sp³-hybridized carbons (Fsp3) is 0.818. The molecule has 0 aromatic carbocycles. The van der Waals surface area contributed by atoms with Gasteiger partial charge < -0.3 is 25.2 Å². The predicted molar refractivity (Wildman–Crippen MR) is 65.4 cm³/mol. The lowest BCUT2D eigenvalue weighted by atomic mass is 10.2. The van der Waals surface area contributed by atoms with Gasteiger partial charge in [0.25, 0.3) is 0 Å². The monoisotopic (exact) mass is 262 g/mol. The largest absolute Gasteiger partial charge is 0.480 e. The molecule has 0 rings (SSSR count). The Hall–Kier alpha value is -1.34. The van der Waals surface area contributed by atoms with E-state index in [1.54, 1.807) is 0 Å². The summed E-state index contributed by atoms with van der Waals surface area (Å²) in [6, 6.07) is -1.61. The predicted octanol–water partition coefficient (Wildman–Crippen LogP) is -0.112. The Labute approximate surface area is 107 Å². The van der Waals surface area contributed by atoms with Crippen LogP contribution in [0.25, 0.3) is 0 Å². The molecule has 0 radical (unpaired) electrons. The number of urea groups is 1. The lowest BCUT2D eigenvalue weighted by molar-refractivity contribution is -0.139. The van der Waals surface area contributed by atoms with E-state index in [0.717, 1.165) is 0 Å². The van der Waals surface area contributed by atoms with Crippen molar-refractivity contribution in [3.8, 4) is 0 Å². The van der Waals surface area contributed by atoms with Gasteiger partial charge in [-0.15, -0.1) is 0 Å². The first kappa shape index (κ1) is 16.7. The molecule has 0 aliphatic carbocycles. The number of ether oxygens (including phenoxy) is 1. The summed E-state index contributed by atoms with van der Waals surface area (Å²) in [6.07, 6.45) is -0.0166. The van der Waals surface area contributed by atoms with Crippen molar-refractivity contribution in [1.82, 2.24) is 10.2 Å². The molecule has 0 saturated heterocycles. The first-order chi connectivity index (χ1) is 8.43. The average molecular weight is 262 g/mol. The molecule has 18 heavy (non-hydrogen) atoms. The highest BCUT2D eigenvalue weighted by atomic mass is 16.5. The lowest BCUT2D eigenvalue weighted by Gasteiger charge is -2.28. The summed E-state index contributed by atoms with van der Waals surface area (Å²) in [7, 11) is 1.53. The van der Waals surface area contributed by atoms with Crippen molar-refractivity contribution < 1.29 is 24.5 Å². The van der Waals surface area contributed by atoms with Crippen molar-refractivity contribution in [2.45, 2.75) is 32.4 Å². The third kappa shape index (κ3) is 5.83. The number of nitrogens with one attached hydrogen (secondary N) is 1. The fourth-order valence-corrected chi connectivity index (χ4v) is 1.40. The molecule has 7 heteroatoms. The SMILES string of the molecule is COCCN(C(=O)NC(CCO)C(=O)O)C(C)C. The molecule has 3 N–H and O–H groups in total. The Bertz CT molecular complexity index is 270. The van der Waals surface area contributed by atoms with Gasteiger partial charge in [0.1, 0.15) is 6.04 Å². The van der Waals surface area contributed by atoms with E-state index in [-0.39, 0.29) is 19.1 Å². The van der Waals surface area contributed by atoms with Gasteiger partial charge in [0, 0.05) is 32.7 Å². The van der Waals surface area contributed by atoms with E-state index in [1.807, 2.05) is 13.8 Å². The van der Waals surface area contributed by atoms with Gasteiger partial charge in [-0.1, -0.05) is 0 Å². The number of carbonyl (C=O) groups excluding carboxylic acids is 1. The maximum absolute atomic E-state index is 11.9. The molecule has 1 atom stereocenters. The molecule has 0 fully saturated rings. The summed E-state index contributed by atoms with van der Waals surface area (Å²) < 4.78 is 4.89. The van der Waals surface area contributed by atoms with Crippen molar-refractivity contribution in [2.24, 2.45) is 0 Å². The van der Waals surface area contributed by atoms with Crippen molar-refractivity contribution in [3.05, 3.63) is 0 Å². The molecule has 2 amide bonds. The van der Waals surface area contributed by atoms with Crippen LogP contribution in [0.4, 0.5) is 4.79 Å². The van der Waals surface area contributed by atoms with Gasteiger partial charge >= 0.3 is 12.0 Å². The number of hydrogen-bond donors (Lipinski definition) is 3. The highest BCUT2D eigenvalue weighted by molar-refractivity contribution is 5.82. The van der Waals surface area contributed by atoms with Crippen LogP contribution in [0.1, 0.15) is 20.3 Å². The third-order valence-corrected chi connectivity index (χ3v) is 2.43. The molecule has 106 valence electrons. The van der Waals surface area contributed by atoms with Crippen LogP contribution in [0.3, 0.4) is 0 Å². The zero-order valence-electron chi connectivity index (χ0n) is 11.0. The minimum atomic E-state index is -1.16. The van der Waals surface area contributed by atoms with Gasteiger partial charge in [0.15, 0.2) is 0 Å². The summed E-state index contributed by atoms with van der Waals surface area (Å²) in [4.78, 5) is 24.2. The maximum atomic E-state index is 11.9. The number of hydrogen-bond acceptors (Lipinski definition) is 4. The number of aliphatic hydroxyl groups excluding tert-OH is 1. The number of methoxy groups -OCH3 is 1. The van der Waals surface area contributed by atoms with Gasteiger partial charge in [-0.3, -0.25) is 0 Å². The Morgan fingerprint density at radius 1 is 1.39 bits per heavy atom. The minimum absolute atomic E-state index is 0.0166. The second kappa shape index (κ2) is 8.71. The quantitative estimate of drug-likeness (QED) is 0.567. The number of aliphatic hydroxyl groups is 1. The summed E-state index contributed by atoms with van der Waals surface area (Å²) in [5.41, 5.74) is 0. The van der Waals surface area contributed by atoms with Crippen LogP contribution in [0.5, 0.6) is 0 Å². The molecule has 0 aromatic heterocycles. The Balaban J connectivity index is 4.51. The molecular formula is C11H22N2O5. The number of amides is 2. The fourth-order valence-electron chi connectivity index (χ4n) is 1.40. The second-order valence-corrected chi connectivity index (χ2v) is 4.13. The molecule has 0 bridgehead atoms. The molecule has 0 saturated carbocycles. The Morgan fingerprint density at radius 2 is 2.00 bits per heavy atom. The molecule has 0 aliphatic heterocycles. The molecular weight excluding hydrogens is 240 g/mol. The van der Waals surface area contributed by atoms with E-state index in [2.05, 4.69) is 5.32 Å². The van der Waals surface area contributed by atoms with Gasteiger partial charge in [-0.25, -0.2) is 9.59 Å². The first-order valence-electron chi connectivity index (χ1n) is 5.83. The van der Waals surface area contributed by atoms with Gasteiger partial charge in [-0.05, 0) is 13.8 Å². The Kier molecular flexibility index (Phi) is 8.06. The van der Waals surface area contributed by atoms with Crippen LogP contribution in [0.2, 0.25) is 0 Å². The van der Waals surface area contributed by atoms with E-state index in [1.165, 1.54) is 12.0 Å². The summed E-state index contributed by atoms with van der Waals surface area (Å²) in [5.74, 6) is -1.16. The van der Waals surface area contributed by atoms with Gasteiger partial charge in [0.05, 0.1) is 6.61 Å². The summed E-state index contributed by atoms with van der Waals surface area (Å²) >= 11 is 0. The summed E-state index contributed by atoms with van der Waals surface area (Å²) in [6.45, 7) is 4.12. The number of rotatable bonds is 8. The third-order valence-electron chi connectivity index (χ3n) is 2.43. The van der Waals surface area contributed by atoms with Crippen LogP contribution >= 0.6 is 0 Å². The zero-order chi connectivity index (χ0) is 14.1. The van der Waals surface area contributed by atoms with Crippen LogP contribution in [-0.4, -0.2) is 66.1 Å². The first-order valence-corrected chi connectivity index (χ1v) is 5.83. The van der Waals surface area contributed by atoms with Crippen molar-refractivity contribution >= 4 is 12.0 Å². The van der Waals surface area contributed by atoms with Gasteiger partial charge in [-0.2, -0.15) is 0 Å². The topological polar surface area (TPSA) is 99.1 Å². The van der Waals surface area contributed by atoms with Crippen LogP contribution in [0, 0.1) is 0 Å². The highest BCUT2D eigenvalue weighted by Gasteiger charge is 2.23. The molecule has 0 aliphatic rings. The lowest BCUT2D eigenvalue weighted by Crippen LogP contribution is -2.51. The minimum Gasteiger partial charge on any atom is -0.480 e. The smallest absolute Gasteiger partial charge is 0.326 e. The van der Waals surface area contributed by atoms with Crippen molar-refractivity contribution in [1.29, 1.82) is 0 Å². The summed E-state index contributed by atoms with van der Waals surface area (Å²) in [5, 5.41) is 20.0. The molecule has 0 heterocycles. The number of aliphatic carboxylic acids is 1. The van der Waals surface area contributed by atoms with E-state index < -0.39 is 18.0 Å². The Morgan fingerprint density at radius 3 is 2.39 bits per heavy atom. The zero-order valence-corrected chi connectivity index (χ0v) is 11.0. The van der Waals surface area contributed by atoms with Crippen molar-refractivity contribution in [3.63, 3.8) is 0 Å².